The van der Waals surface area contributed by atoms with E-state index < -0.39 is 11.9 Å². The minimum Gasteiger partial charge on any atom is -0.545 e. The van der Waals surface area contributed by atoms with E-state index in [0.29, 0.717) is 5.56 Å². The predicted octanol–water partition coefficient (Wildman–Crippen LogP) is -7.27. The van der Waals surface area contributed by atoms with E-state index >= 15 is 0 Å². The van der Waals surface area contributed by atoms with Gasteiger partial charge in [0.05, 0.1) is 11.9 Å². The first kappa shape index (κ1) is 16.8. The Bertz CT molecular complexity index is 344. The third-order valence-electron chi connectivity index (χ3n) is 1.55. The molecule has 1 aromatic rings. The minimum atomic E-state index is -1.40. The van der Waals surface area contributed by atoms with Crippen LogP contribution in [0.5, 0.6) is 0 Å². The van der Waals surface area contributed by atoms with Crippen LogP contribution >= 0.6 is 0 Å². The zero-order valence-corrected chi connectivity index (χ0v) is 8.87. The van der Waals surface area contributed by atoms with Crippen LogP contribution in [0.4, 0.5) is 0 Å². The Labute approximate surface area is 111 Å². The fraction of sp³-hybridized carbons (Fsp3) is 0.111. The molecule has 0 amide bonds. The van der Waals surface area contributed by atoms with Crippen molar-refractivity contribution in [2.24, 2.45) is 0 Å². The summed E-state index contributed by atoms with van der Waals surface area (Å²) in [4.78, 5) is 20.8. The molecule has 0 fully saturated rings. The average molecular weight is 192 g/mol. The second-order valence-electron chi connectivity index (χ2n) is 2.66. The first-order chi connectivity index (χ1) is 6.00. The largest absolute Gasteiger partial charge is 1.00 e. The number of rotatable bonds is 2. The molecule has 1 aromatic carbocycles. The number of carbonyl (C=O) groups excluding carboxylic acids is 2. The van der Waals surface area contributed by atoms with Gasteiger partial charge in [-0.3, -0.25) is 0 Å². The summed E-state index contributed by atoms with van der Waals surface area (Å²) in [6.07, 6.45) is 0. The number of carbonyl (C=O) groups is 2. The molecule has 68 valence electrons. The van der Waals surface area contributed by atoms with Gasteiger partial charge in [-0.1, -0.05) is 12.1 Å². The zero-order chi connectivity index (χ0) is 10.0. The molecule has 0 aliphatic rings. The van der Waals surface area contributed by atoms with E-state index in [1.54, 1.807) is 6.92 Å². The first-order valence-electron chi connectivity index (χ1n) is 3.55. The average Bonchev–Trinajstić information content (AvgIpc) is 2.03. The SMILES string of the molecule is Cc1cc(C(=O)[O-])cc(C(=O)[O-])c1.[Li+].[Li+]. The maximum atomic E-state index is 10.4. The number of benzene rings is 1. The van der Waals surface area contributed by atoms with Crippen LogP contribution < -0.4 is 47.9 Å². The summed E-state index contributed by atoms with van der Waals surface area (Å²) < 4.78 is 0. The van der Waals surface area contributed by atoms with Crippen LogP contribution in [-0.4, -0.2) is 11.9 Å². The molecule has 0 atom stereocenters. The fourth-order valence-electron chi connectivity index (χ4n) is 1.02. The van der Waals surface area contributed by atoms with Crippen LogP contribution in [0.2, 0.25) is 0 Å². The number of carboxylic acid groups (broad SMARTS) is 2. The third-order valence-corrected chi connectivity index (χ3v) is 1.55. The van der Waals surface area contributed by atoms with Gasteiger partial charge in [-0.2, -0.15) is 0 Å². The van der Waals surface area contributed by atoms with Gasteiger partial charge < -0.3 is 19.8 Å². The van der Waals surface area contributed by atoms with E-state index in [0.717, 1.165) is 6.07 Å². The minimum absolute atomic E-state index is 0. The van der Waals surface area contributed by atoms with Gasteiger partial charge >= 0.3 is 37.7 Å². The molecule has 15 heavy (non-hydrogen) atoms. The van der Waals surface area contributed by atoms with Gasteiger partial charge in [-0.25, -0.2) is 0 Å². The Kier molecular flexibility index (Phi) is 7.57. The van der Waals surface area contributed by atoms with Gasteiger partial charge in [-0.15, -0.1) is 0 Å². The Morgan fingerprint density at radius 1 is 0.933 bits per heavy atom. The number of aryl methyl sites for hydroxylation is 1. The Morgan fingerprint density at radius 2 is 1.27 bits per heavy atom. The summed E-state index contributed by atoms with van der Waals surface area (Å²) in [6, 6.07) is 3.68. The normalized spacial score (nSPS) is 8.33. The molecular weight excluding hydrogens is 186 g/mol. The zero-order valence-electron chi connectivity index (χ0n) is 8.87. The molecule has 0 aliphatic carbocycles. The van der Waals surface area contributed by atoms with Gasteiger partial charge in [0, 0.05) is 0 Å². The monoisotopic (exact) mass is 192 g/mol. The van der Waals surface area contributed by atoms with Gasteiger partial charge in [0.1, 0.15) is 0 Å². The molecule has 0 bridgehead atoms. The van der Waals surface area contributed by atoms with Gasteiger partial charge in [0.25, 0.3) is 0 Å². The van der Waals surface area contributed by atoms with Crippen LogP contribution in [0.1, 0.15) is 26.3 Å². The number of hydrogen-bond donors (Lipinski definition) is 0. The van der Waals surface area contributed by atoms with Crippen molar-refractivity contribution in [2.75, 3.05) is 0 Å². The summed E-state index contributed by atoms with van der Waals surface area (Å²) in [6.45, 7) is 1.60. The van der Waals surface area contributed by atoms with E-state index in [1.165, 1.54) is 12.1 Å². The van der Waals surface area contributed by atoms with Gasteiger partial charge in [-0.05, 0) is 29.7 Å². The molecule has 0 saturated carbocycles. The molecule has 0 radical (unpaired) electrons. The molecule has 0 N–H and O–H groups in total. The molecular formula is C9H6Li2O4. The van der Waals surface area contributed by atoms with Crippen LogP contribution in [0, 0.1) is 6.92 Å². The molecule has 0 aromatic heterocycles. The van der Waals surface area contributed by atoms with Crippen molar-refractivity contribution >= 4 is 11.9 Å². The molecule has 0 aliphatic heterocycles. The van der Waals surface area contributed by atoms with Crippen molar-refractivity contribution in [3.63, 3.8) is 0 Å². The predicted molar refractivity (Wildman–Crippen MR) is 39.8 cm³/mol. The first-order valence-corrected chi connectivity index (χ1v) is 3.55. The molecule has 0 spiro atoms. The number of hydrogen-bond acceptors (Lipinski definition) is 4. The van der Waals surface area contributed by atoms with Crippen molar-refractivity contribution in [3.8, 4) is 0 Å². The van der Waals surface area contributed by atoms with E-state index in [-0.39, 0.29) is 48.8 Å². The van der Waals surface area contributed by atoms with Crippen molar-refractivity contribution in [1.29, 1.82) is 0 Å². The summed E-state index contributed by atoms with van der Waals surface area (Å²) in [5.74, 6) is -2.79. The number of carboxylic acids is 2. The van der Waals surface area contributed by atoms with Crippen molar-refractivity contribution in [3.05, 3.63) is 34.9 Å². The quantitative estimate of drug-likeness (QED) is 0.436. The van der Waals surface area contributed by atoms with E-state index in [2.05, 4.69) is 0 Å². The van der Waals surface area contributed by atoms with E-state index in [4.69, 9.17) is 0 Å². The summed E-state index contributed by atoms with van der Waals surface area (Å²) in [5, 5.41) is 20.8. The van der Waals surface area contributed by atoms with Gasteiger partial charge in [0.15, 0.2) is 0 Å². The fourth-order valence-corrected chi connectivity index (χ4v) is 1.02. The maximum absolute atomic E-state index is 10.4. The van der Waals surface area contributed by atoms with Crippen LogP contribution in [0.15, 0.2) is 18.2 Å². The van der Waals surface area contributed by atoms with E-state index in [1.807, 2.05) is 0 Å². The van der Waals surface area contributed by atoms with Crippen LogP contribution in [0.3, 0.4) is 0 Å². The van der Waals surface area contributed by atoms with Crippen LogP contribution in [0.25, 0.3) is 0 Å². The van der Waals surface area contributed by atoms with Crippen molar-refractivity contribution < 1.29 is 57.5 Å². The Balaban J connectivity index is 0. The Hall–Kier alpha value is -0.645. The maximum Gasteiger partial charge on any atom is 1.00 e. The van der Waals surface area contributed by atoms with Crippen molar-refractivity contribution in [1.82, 2.24) is 0 Å². The molecule has 0 unspecified atom stereocenters. The van der Waals surface area contributed by atoms with Gasteiger partial charge in [0.2, 0.25) is 0 Å². The smallest absolute Gasteiger partial charge is 0.545 e. The van der Waals surface area contributed by atoms with Crippen LogP contribution in [-0.2, 0) is 0 Å². The van der Waals surface area contributed by atoms with E-state index in [9.17, 15) is 19.8 Å². The molecule has 0 saturated heterocycles. The molecule has 0 heterocycles. The summed E-state index contributed by atoms with van der Waals surface area (Å²) in [7, 11) is 0. The second-order valence-corrected chi connectivity index (χ2v) is 2.66. The molecule has 1 rings (SSSR count). The standard InChI is InChI=1S/C9H8O4.2Li/c1-5-2-6(8(10)11)4-7(3-5)9(12)13;;/h2-4H,1H3,(H,10,11)(H,12,13);;/q;2*+1/p-2. The topological polar surface area (TPSA) is 80.3 Å². The van der Waals surface area contributed by atoms with Crippen molar-refractivity contribution in [2.45, 2.75) is 6.92 Å². The molecule has 4 nitrogen and oxygen atoms in total. The summed E-state index contributed by atoms with van der Waals surface area (Å²) >= 11 is 0. The molecule has 6 heteroatoms. The second kappa shape index (κ2) is 6.77. The number of aromatic carboxylic acids is 2. The summed E-state index contributed by atoms with van der Waals surface area (Å²) in [5.41, 5.74) is 0.235. The third kappa shape index (κ3) is 4.60. The Morgan fingerprint density at radius 3 is 1.53 bits per heavy atom.